The fourth-order valence-electron chi connectivity index (χ4n) is 1.66. The van der Waals surface area contributed by atoms with Gasteiger partial charge in [0, 0.05) is 4.90 Å². The number of para-hydroxylation sites is 1. The monoisotopic (exact) mass is 315 g/mol. The topological polar surface area (TPSA) is 46.2 Å². The Kier molecular flexibility index (Phi) is 4.29. The van der Waals surface area contributed by atoms with E-state index in [1.54, 1.807) is 24.5 Å². The molecule has 0 radical (unpaired) electrons. The molecule has 0 aliphatic rings. The van der Waals surface area contributed by atoms with E-state index in [1.807, 2.05) is 0 Å². The molecule has 0 saturated carbocycles. The van der Waals surface area contributed by atoms with Crippen LogP contribution in [-0.4, -0.2) is 14.7 Å². The SMILES string of the molecule is CSc1ccccc1NS(=O)(=O)c1c(F)cccc1F. The highest BCUT2D eigenvalue weighted by atomic mass is 32.2. The van der Waals surface area contributed by atoms with Gasteiger partial charge in [-0.05, 0) is 30.5 Å². The summed E-state index contributed by atoms with van der Waals surface area (Å²) >= 11 is 1.33. The summed E-state index contributed by atoms with van der Waals surface area (Å²) in [6.45, 7) is 0. The van der Waals surface area contributed by atoms with Gasteiger partial charge in [-0.2, -0.15) is 0 Å². The molecule has 0 bridgehead atoms. The summed E-state index contributed by atoms with van der Waals surface area (Å²) < 4.78 is 53.6. The zero-order chi connectivity index (χ0) is 14.8. The third-order valence-electron chi connectivity index (χ3n) is 2.54. The van der Waals surface area contributed by atoms with Crippen molar-refractivity contribution in [2.45, 2.75) is 9.79 Å². The first-order valence-corrected chi connectivity index (χ1v) is 8.26. The summed E-state index contributed by atoms with van der Waals surface area (Å²) in [5.41, 5.74) is 0.280. The molecule has 3 nitrogen and oxygen atoms in total. The highest BCUT2D eigenvalue weighted by Gasteiger charge is 2.24. The average Bonchev–Trinajstić information content (AvgIpc) is 2.38. The van der Waals surface area contributed by atoms with E-state index >= 15 is 0 Å². The molecule has 0 aliphatic carbocycles. The average molecular weight is 315 g/mol. The third kappa shape index (κ3) is 2.94. The van der Waals surface area contributed by atoms with Gasteiger partial charge in [0.05, 0.1) is 5.69 Å². The van der Waals surface area contributed by atoms with E-state index in [0.717, 1.165) is 18.2 Å². The molecule has 0 saturated heterocycles. The molecule has 0 spiro atoms. The van der Waals surface area contributed by atoms with Crippen LogP contribution in [0.4, 0.5) is 14.5 Å². The Bertz CT molecular complexity index is 713. The molecule has 0 unspecified atom stereocenters. The van der Waals surface area contributed by atoms with Gasteiger partial charge in [-0.1, -0.05) is 18.2 Å². The number of sulfonamides is 1. The van der Waals surface area contributed by atoms with E-state index < -0.39 is 26.6 Å². The lowest BCUT2D eigenvalue weighted by atomic mass is 10.3. The summed E-state index contributed by atoms with van der Waals surface area (Å²) in [4.78, 5) is -0.316. The minimum absolute atomic E-state index is 0.280. The first-order valence-electron chi connectivity index (χ1n) is 5.55. The molecule has 20 heavy (non-hydrogen) atoms. The van der Waals surface area contributed by atoms with Crippen LogP contribution < -0.4 is 4.72 Å². The van der Waals surface area contributed by atoms with Crippen LogP contribution in [-0.2, 0) is 10.0 Å². The molecule has 0 fully saturated rings. The Balaban J connectivity index is 2.47. The second-order valence-electron chi connectivity index (χ2n) is 3.86. The van der Waals surface area contributed by atoms with Crippen molar-refractivity contribution in [3.8, 4) is 0 Å². The van der Waals surface area contributed by atoms with Gasteiger partial charge in [-0.25, -0.2) is 17.2 Å². The summed E-state index contributed by atoms with van der Waals surface area (Å²) in [6.07, 6.45) is 1.77. The van der Waals surface area contributed by atoms with E-state index in [-0.39, 0.29) is 5.69 Å². The van der Waals surface area contributed by atoms with Crippen LogP contribution in [0.5, 0.6) is 0 Å². The minimum Gasteiger partial charge on any atom is -0.278 e. The lowest BCUT2D eigenvalue weighted by molar-refractivity contribution is 0.521. The zero-order valence-electron chi connectivity index (χ0n) is 10.4. The fourth-order valence-corrected chi connectivity index (χ4v) is 3.50. The number of benzene rings is 2. The van der Waals surface area contributed by atoms with Crippen molar-refractivity contribution in [2.75, 3.05) is 11.0 Å². The van der Waals surface area contributed by atoms with Crippen molar-refractivity contribution in [1.29, 1.82) is 0 Å². The van der Waals surface area contributed by atoms with Gasteiger partial charge < -0.3 is 0 Å². The van der Waals surface area contributed by atoms with Gasteiger partial charge >= 0.3 is 0 Å². The second kappa shape index (κ2) is 5.80. The maximum atomic E-state index is 13.6. The summed E-state index contributed by atoms with van der Waals surface area (Å²) in [7, 11) is -4.32. The predicted molar refractivity (Wildman–Crippen MR) is 75.4 cm³/mol. The molecule has 2 aromatic rings. The van der Waals surface area contributed by atoms with E-state index in [4.69, 9.17) is 0 Å². The van der Waals surface area contributed by atoms with Crippen LogP contribution in [0, 0.1) is 11.6 Å². The second-order valence-corrected chi connectivity index (χ2v) is 6.32. The Morgan fingerprint density at radius 3 is 2.20 bits per heavy atom. The van der Waals surface area contributed by atoms with Crippen molar-refractivity contribution in [3.63, 3.8) is 0 Å². The van der Waals surface area contributed by atoms with E-state index in [1.165, 1.54) is 17.8 Å². The van der Waals surface area contributed by atoms with Gasteiger partial charge in [0.15, 0.2) is 4.90 Å². The van der Waals surface area contributed by atoms with Gasteiger partial charge in [0.25, 0.3) is 10.0 Å². The Labute approximate surface area is 120 Å². The van der Waals surface area contributed by atoms with Crippen molar-refractivity contribution >= 4 is 27.5 Å². The Hall–Kier alpha value is -1.60. The summed E-state index contributed by atoms with van der Waals surface area (Å²) in [6, 6.07) is 9.53. The maximum Gasteiger partial charge on any atom is 0.267 e. The molecule has 1 N–H and O–H groups in total. The van der Waals surface area contributed by atoms with Crippen LogP contribution in [0.15, 0.2) is 52.3 Å². The smallest absolute Gasteiger partial charge is 0.267 e. The van der Waals surface area contributed by atoms with E-state index in [2.05, 4.69) is 4.72 Å². The molecule has 0 amide bonds. The van der Waals surface area contributed by atoms with E-state index in [0.29, 0.717) is 4.90 Å². The van der Waals surface area contributed by atoms with Crippen LogP contribution in [0.3, 0.4) is 0 Å². The standard InChI is InChI=1S/C13H11F2NO2S2/c1-19-12-8-3-2-7-11(12)16-20(17,18)13-9(14)5-4-6-10(13)15/h2-8,16H,1H3. The largest absolute Gasteiger partial charge is 0.278 e. The van der Waals surface area contributed by atoms with Crippen molar-refractivity contribution in [1.82, 2.24) is 0 Å². The van der Waals surface area contributed by atoms with Crippen LogP contribution >= 0.6 is 11.8 Å². The number of nitrogens with one attached hydrogen (secondary N) is 1. The van der Waals surface area contributed by atoms with Crippen molar-refractivity contribution in [3.05, 3.63) is 54.1 Å². The zero-order valence-corrected chi connectivity index (χ0v) is 12.1. The predicted octanol–water partition coefficient (Wildman–Crippen LogP) is 3.49. The molecule has 0 heterocycles. The van der Waals surface area contributed by atoms with Crippen LogP contribution in [0.25, 0.3) is 0 Å². The Morgan fingerprint density at radius 1 is 1.00 bits per heavy atom. The molecule has 7 heteroatoms. The van der Waals surface area contributed by atoms with Gasteiger partial charge in [-0.3, -0.25) is 4.72 Å². The van der Waals surface area contributed by atoms with Crippen molar-refractivity contribution in [2.24, 2.45) is 0 Å². The molecular formula is C13H11F2NO2S2. The maximum absolute atomic E-state index is 13.6. The number of thioether (sulfide) groups is 1. The molecule has 106 valence electrons. The highest BCUT2D eigenvalue weighted by Crippen LogP contribution is 2.28. The molecule has 0 aliphatic heterocycles. The molecular weight excluding hydrogens is 304 g/mol. The number of halogens is 2. The van der Waals surface area contributed by atoms with Gasteiger partial charge in [-0.15, -0.1) is 11.8 Å². The first kappa shape index (κ1) is 14.8. The third-order valence-corrected chi connectivity index (χ3v) is 4.75. The van der Waals surface area contributed by atoms with Gasteiger partial charge in [0.2, 0.25) is 0 Å². The van der Waals surface area contributed by atoms with Crippen molar-refractivity contribution < 1.29 is 17.2 Å². The molecule has 0 atom stereocenters. The molecule has 2 rings (SSSR count). The van der Waals surface area contributed by atoms with Crippen LogP contribution in [0.2, 0.25) is 0 Å². The quantitative estimate of drug-likeness (QED) is 0.879. The lowest BCUT2D eigenvalue weighted by Gasteiger charge is -2.12. The molecule has 0 aromatic heterocycles. The number of anilines is 1. The summed E-state index contributed by atoms with van der Waals surface area (Å²) in [5, 5.41) is 0. The summed E-state index contributed by atoms with van der Waals surface area (Å²) in [5.74, 6) is -2.25. The normalized spacial score (nSPS) is 11.3. The number of hydrogen-bond donors (Lipinski definition) is 1. The minimum atomic E-state index is -4.32. The molecule has 2 aromatic carbocycles. The van der Waals surface area contributed by atoms with E-state index in [9.17, 15) is 17.2 Å². The number of rotatable bonds is 4. The number of hydrogen-bond acceptors (Lipinski definition) is 3. The van der Waals surface area contributed by atoms with Gasteiger partial charge in [0.1, 0.15) is 11.6 Å². The fraction of sp³-hybridized carbons (Fsp3) is 0.0769. The lowest BCUT2D eigenvalue weighted by Crippen LogP contribution is -2.16. The highest BCUT2D eigenvalue weighted by molar-refractivity contribution is 7.99. The van der Waals surface area contributed by atoms with Crippen LogP contribution in [0.1, 0.15) is 0 Å². The first-order chi connectivity index (χ1) is 9.45. The Morgan fingerprint density at radius 2 is 1.60 bits per heavy atom.